The molecule has 0 saturated heterocycles. The van der Waals surface area contributed by atoms with Crippen LogP contribution in [0.2, 0.25) is 0 Å². The SMILES string of the molecule is O=C(O)C[C@@H](CC1CC1)c1cncnc1. The second kappa shape index (κ2) is 4.38. The maximum Gasteiger partial charge on any atom is 0.303 e. The Morgan fingerprint density at radius 3 is 2.67 bits per heavy atom. The molecule has 80 valence electrons. The fourth-order valence-electron chi connectivity index (χ4n) is 1.83. The Labute approximate surface area is 88.4 Å². The lowest BCUT2D eigenvalue weighted by Gasteiger charge is -2.13. The molecule has 4 nitrogen and oxygen atoms in total. The quantitative estimate of drug-likeness (QED) is 0.798. The molecule has 1 saturated carbocycles. The van der Waals surface area contributed by atoms with Crippen LogP contribution in [0.5, 0.6) is 0 Å². The average Bonchev–Trinajstić information content (AvgIpc) is 3.01. The van der Waals surface area contributed by atoms with Gasteiger partial charge >= 0.3 is 5.97 Å². The van der Waals surface area contributed by atoms with Gasteiger partial charge in [-0.15, -0.1) is 0 Å². The number of carboxylic acid groups (broad SMARTS) is 1. The molecule has 1 fully saturated rings. The fraction of sp³-hybridized carbons (Fsp3) is 0.545. The molecule has 1 aromatic heterocycles. The number of carbonyl (C=O) groups is 1. The summed E-state index contributed by atoms with van der Waals surface area (Å²) in [5.74, 6) is 0.0512. The highest BCUT2D eigenvalue weighted by Gasteiger charge is 2.27. The third-order valence-electron chi connectivity index (χ3n) is 2.79. The number of carboxylic acids is 1. The van der Waals surface area contributed by atoms with E-state index in [1.54, 1.807) is 12.4 Å². The van der Waals surface area contributed by atoms with Crippen LogP contribution in [0.3, 0.4) is 0 Å². The number of hydrogen-bond donors (Lipinski definition) is 1. The summed E-state index contributed by atoms with van der Waals surface area (Å²) in [4.78, 5) is 18.6. The summed E-state index contributed by atoms with van der Waals surface area (Å²) in [5, 5.41) is 8.84. The lowest BCUT2D eigenvalue weighted by Crippen LogP contribution is -2.08. The van der Waals surface area contributed by atoms with Crippen molar-refractivity contribution in [2.24, 2.45) is 5.92 Å². The third kappa shape index (κ3) is 3.01. The number of aliphatic carboxylic acids is 1. The Morgan fingerprint density at radius 1 is 1.47 bits per heavy atom. The van der Waals surface area contributed by atoms with Crippen molar-refractivity contribution in [3.8, 4) is 0 Å². The Kier molecular flexibility index (Phi) is 2.94. The van der Waals surface area contributed by atoms with Crippen LogP contribution in [0.25, 0.3) is 0 Å². The van der Waals surface area contributed by atoms with Gasteiger partial charge in [-0.05, 0) is 23.8 Å². The summed E-state index contributed by atoms with van der Waals surface area (Å²) in [5.41, 5.74) is 0.951. The molecule has 15 heavy (non-hydrogen) atoms. The minimum absolute atomic E-state index is 0.0798. The van der Waals surface area contributed by atoms with Gasteiger partial charge in [-0.1, -0.05) is 12.8 Å². The molecule has 0 aromatic carbocycles. The van der Waals surface area contributed by atoms with Gasteiger partial charge in [-0.25, -0.2) is 9.97 Å². The summed E-state index contributed by atoms with van der Waals surface area (Å²) in [7, 11) is 0. The minimum atomic E-state index is -0.746. The van der Waals surface area contributed by atoms with Crippen LogP contribution in [0, 0.1) is 5.92 Å². The lowest BCUT2D eigenvalue weighted by molar-refractivity contribution is -0.137. The molecule has 0 bridgehead atoms. The van der Waals surface area contributed by atoms with Crippen LogP contribution in [0.4, 0.5) is 0 Å². The van der Waals surface area contributed by atoms with Crippen molar-refractivity contribution in [3.05, 3.63) is 24.3 Å². The summed E-state index contributed by atoms with van der Waals surface area (Å²) in [6.45, 7) is 0. The average molecular weight is 206 g/mol. The van der Waals surface area contributed by atoms with Gasteiger partial charge in [0.25, 0.3) is 0 Å². The molecule has 0 amide bonds. The second-order valence-electron chi connectivity index (χ2n) is 4.15. The highest BCUT2D eigenvalue weighted by Crippen LogP contribution is 2.39. The van der Waals surface area contributed by atoms with Crippen molar-refractivity contribution in [1.29, 1.82) is 0 Å². The Hall–Kier alpha value is -1.45. The van der Waals surface area contributed by atoms with Gasteiger partial charge in [0, 0.05) is 12.4 Å². The highest BCUT2D eigenvalue weighted by molar-refractivity contribution is 5.68. The van der Waals surface area contributed by atoms with Crippen molar-refractivity contribution >= 4 is 5.97 Å². The molecule has 1 atom stereocenters. The smallest absolute Gasteiger partial charge is 0.303 e. The van der Waals surface area contributed by atoms with Gasteiger partial charge in [-0.2, -0.15) is 0 Å². The molecule has 1 heterocycles. The lowest BCUT2D eigenvalue weighted by atomic mass is 9.92. The predicted molar refractivity (Wildman–Crippen MR) is 54.4 cm³/mol. The Bertz CT molecular complexity index is 336. The molecule has 0 radical (unpaired) electrons. The van der Waals surface area contributed by atoms with Gasteiger partial charge in [-0.3, -0.25) is 4.79 Å². The maximum atomic E-state index is 10.7. The number of nitrogens with zero attached hydrogens (tertiary/aromatic N) is 2. The van der Waals surface area contributed by atoms with Gasteiger partial charge in [0.2, 0.25) is 0 Å². The van der Waals surface area contributed by atoms with E-state index in [9.17, 15) is 4.79 Å². The van der Waals surface area contributed by atoms with E-state index in [-0.39, 0.29) is 12.3 Å². The van der Waals surface area contributed by atoms with Crippen LogP contribution >= 0.6 is 0 Å². The van der Waals surface area contributed by atoms with Crippen LogP contribution in [-0.4, -0.2) is 21.0 Å². The molecule has 1 N–H and O–H groups in total. The van der Waals surface area contributed by atoms with Gasteiger partial charge in [0.05, 0.1) is 6.42 Å². The van der Waals surface area contributed by atoms with Crippen molar-refractivity contribution < 1.29 is 9.90 Å². The van der Waals surface area contributed by atoms with Crippen LogP contribution in [-0.2, 0) is 4.79 Å². The van der Waals surface area contributed by atoms with Gasteiger partial charge in [0.15, 0.2) is 0 Å². The topological polar surface area (TPSA) is 63.1 Å². The largest absolute Gasteiger partial charge is 0.481 e. The number of rotatable bonds is 5. The zero-order chi connectivity index (χ0) is 10.7. The van der Waals surface area contributed by atoms with E-state index in [0.717, 1.165) is 17.9 Å². The van der Waals surface area contributed by atoms with Gasteiger partial charge in [0.1, 0.15) is 6.33 Å². The van der Waals surface area contributed by atoms with Crippen molar-refractivity contribution in [2.45, 2.75) is 31.6 Å². The van der Waals surface area contributed by atoms with Crippen LogP contribution in [0.15, 0.2) is 18.7 Å². The maximum absolute atomic E-state index is 10.7. The van der Waals surface area contributed by atoms with E-state index >= 15 is 0 Å². The first kappa shape index (κ1) is 10.1. The molecule has 2 rings (SSSR count). The Morgan fingerprint density at radius 2 is 2.13 bits per heavy atom. The van der Waals surface area contributed by atoms with E-state index in [0.29, 0.717) is 0 Å². The summed E-state index contributed by atoms with van der Waals surface area (Å²) in [6.07, 6.45) is 8.54. The molecule has 1 aromatic rings. The predicted octanol–water partition coefficient (Wildman–Crippen LogP) is 1.83. The second-order valence-corrected chi connectivity index (χ2v) is 4.15. The first-order valence-electron chi connectivity index (χ1n) is 5.22. The van der Waals surface area contributed by atoms with Crippen LogP contribution < -0.4 is 0 Å². The normalized spacial score (nSPS) is 17.3. The van der Waals surface area contributed by atoms with Crippen molar-refractivity contribution in [2.75, 3.05) is 0 Å². The molecule has 0 unspecified atom stereocenters. The van der Waals surface area contributed by atoms with E-state index in [2.05, 4.69) is 9.97 Å². The summed E-state index contributed by atoms with van der Waals surface area (Å²) < 4.78 is 0. The highest BCUT2D eigenvalue weighted by atomic mass is 16.4. The summed E-state index contributed by atoms with van der Waals surface area (Å²) >= 11 is 0. The number of aromatic nitrogens is 2. The molecule has 1 aliphatic carbocycles. The zero-order valence-corrected chi connectivity index (χ0v) is 8.47. The van der Waals surface area contributed by atoms with Crippen molar-refractivity contribution in [3.63, 3.8) is 0 Å². The zero-order valence-electron chi connectivity index (χ0n) is 8.47. The standard InChI is InChI=1S/C11H14N2O2/c14-11(15)4-9(3-8-1-2-8)10-5-12-7-13-6-10/h5-9H,1-4H2,(H,14,15)/t9-/m1/s1. The molecular formula is C11H14N2O2. The monoisotopic (exact) mass is 206 g/mol. The van der Waals surface area contributed by atoms with Crippen molar-refractivity contribution in [1.82, 2.24) is 9.97 Å². The first-order chi connectivity index (χ1) is 7.25. The Balaban J connectivity index is 2.06. The molecule has 1 aliphatic rings. The third-order valence-corrected chi connectivity index (χ3v) is 2.79. The molecular weight excluding hydrogens is 192 g/mol. The number of hydrogen-bond acceptors (Lipinski definition) is 3. The minimum Gasteiger partial charge on any atom is -0.481 e. The fourth-order valence-corrected chi connectivity index (χ4v) is 1.83. The molecule has 0 aliphatic heterocycles. The van der Waals surface area contributed by atoms with E-state index < -0.39 is 5.97 Å². The van der Waals surface area contributed by atoms with Crippen LogP contribution in [0.1, 0.15) is 37.2 Å². The van der Waals surface area contributed by atoms with E-state index in [1.807, 2.05) is 0 Å². The molecule has 0 spiro atoms. The van der Waals surface area contributed by atoms with E-state index in [4.69, 9.17) is 5.11 Å². The molecule has 4 heteroatoms. The summed E-state index contributed by atoms with van der Waals surface area (Å²) in [6, 6.07) is 0. The van der Waals surface area contributed by atoms with Gasteiger partial charge < -0.3 is 5.11 Å². The first-order valence-corrected chi connectivity index (χ1v) is 5.22. The van der Waals surface area contributed by atoms with E-state index in [1.165, 1.54) is 19.2 Å².